The molecule has 102 valence electrons. The number of carbonyl (C=O) groups excluding carboxylic acids is 1. The molecule has 0 spiro atoms. The van der Waals surface area contributed by atoms with Crippen LogP contribution in [0.2, 0.25) is 0 Å². The molecule has 1 rings (SSSR count). The van der Waals surface area contributed by atoms with Crippen molar-refractivity contribution in [3.63, 3.8) is 0 Å². The molecule has 18 heavy (non-hydrogen) atoms. The van der Waals surface area contributed by atoms with Crippen molar-refractivity contribution in [3.8, 4) is 0 Å². The Kier molecular flexibility index (Phi) is 4.77. The average molecular weight is 264 g/mol. The van der Waals surface area contributed by atoms with E-state index in [4.69, 9.17) is 5.11 Å². The molecule has 1 unspecified atom stereocenters. The number of hydrogen-bond acceptors (Lipinski definition) is 2. The first-order chi connectivity index (χ1) is 8.33. The molecule has 0 aliphatic rings. The number of nitrogens with one attached hydrogen (secondary N) is 1. The number of hydrogen-bond donors (Lipinski definition) is 2. The SMILES string of the molecule is CC(CCO)NC(=O)c1cccn1CC(F)(F)F. The standard InChI is InChI=1S/C11H15F3N2O2/c1-8(4-6-17)15-10(18)9-3-2-5-16(9)7-11(12,13)14/h2-3,5,8,17H,4,6-7H2,1H3,(H,15,18). The zero-order valence-electron chi connectivity index (χ0n) is 9.87. The van der Waals surface area contributed by atoms with E-state index in [0.717, 1.165) is 4.57 Å². The van der Waals surface area contributed by atoms with E-state index >= 15 is 0 Å². The molecule has 0 aromatic carbocycles. The normalized spacial score (nSPS) is 13.4. The van der Waals surface area contributed by atoms with Crippen LogP contribution < -0.4 is 5.32 Å². The van der Waals surface area contributed by atoms with Crippen LogP contribution in [-0.2, 0) is 6.54 Å². The number of halogens is 3. The van der Waals surface area contributed by atoms with E-state index in [1.54, 1.807) is 6.92 Å². The number of nitrogens with zero attached hydrogens (tertiary/aromatic N) is 1. The van der Waals surface area contributed by atoms with Crippen LogP contribution in [0, 0.1) is 0 Å². The van der Waals surface area contributed by atoms with E-state index in [1.165, 1.54) is 18.3 Å². The second kappa shape index (κ2) is 5.90. The molecule has 4 nitrogen and oxygen atoms in total. The van der Waals surface area contributed by atoms with Crippen molar-refractivity contribution < 1.29 is 23.1 Å². The maximum atomic E-state index is 12.3. The fourth-order valence-corrected chi connectivity index (χ4v) is 1.51. The van der Waals surface area contributed by atoms with Crippen molar-refractivity contribution in [1.29, 1.82) is 0 Å². The third-order valence-electron chi connectivity index (χ3n) is 2.35. The summed E-state index contributed by atoms with van der Waals surface area (Å²) in [6.07, 6.45) is -2.81. The van der Waals surface area contributed by atoms with Gasteiger partial charge in [0.1, 0.15) is 12.2 Å². The fraction of sp³-hybridized carbons (Fsp3) is 0.545. The summed E-state index contributed by atoms with van der Waals surface area (Å²) in [4.78, 5) is 11.7. The van der Waals surface area contributed by atoms with Crippen LogP contribution in [-0.4, -0.2) is 34.4 Å². The Labute approximate surface area is 102 Å². The summed E-state index contributed by atoms with van der Waals surface area (Å²) in [5, 5.41) is 11.2. The molecule has 0 saturated heterocycles. The molecule has 2 N–H and O–H groups in total. The molecule has 0 fully saturated rings. The molecular weight excluding hydrogens is 249 g/mol. The number of carbonyl (C=O) groups is 1. The molecule has 0 aliphatic carbocycles. The smallest absolute Gasteiger partial charge is 0.396 e. The highest BCUT2D eigenvalue weighted by atomic mass is 19.4. The minimum atomic E-state index is -4.37. The molecule has 7 heteroatoms. The Morgan fingerprint density at radius 1 is 1.56 bits per heavy atom. The lowest BCUT2D eigenvalue weighted by atomic mass is 10.2. The summed E-state index contributed by atoms with van der Waals surface area (Å²) < 4.78 is 37.6. The maximum absolute atomic E-state index is 12.3. The van der Waals surface area contributed by atoms with Gasteiger partial charge in [0.05, 0.1) is 0 Å². The summed E-state index contributed by atoms with van der Waals surface area (Å²) in [6, 6.07) is 2.42. The van der Waals surface area contributed by atoms with Gasteiger partial charge in [-0.2, -0.15) is 13.2 Å². The van der Waals surface area contributed by atoms with E-state index in [9.17, 15) is 18.0 Å². The predicted molar refractivity (Wildman–Crippen MR) is 59.1 cm³/mol. The van der Waals surface area contributed by atoms with Gasteiger partial charge in [0, 0.05) is 18.8 Å². The molecule has 1 amide bonds. The van der Waals surface area contributed by atoms with Gasteiger partial charge in [0.15, 0.2) is 0 Å². The number of rotatable bonds is 5. The van der Waals surface area contributed by atoms with Crippen LogP contribution >= 0.6 is 0 Å². The van der Waals surface area contributed by atoms with E-state index in [0.29, 0.717) is 6.42 Å². The third-order valence-corrected chi connectivity index (χ3v) is 2.35. The predicted octanol–water partition coefficient (Wildman–Crippen LogP) is 1.55. The molecule has 0 saturated carbocycles. The summed E-state index contributed by atoms with van der Waals surface area (Å²) in [7, 11) is 0. The zero-order chi connectivity index (χ0) is 13.8. The third kappa shape index (κ3) is 4.40. The van der Waals surface area contributed by atoms with Gasteiger partial charge in [-0.25, -0.2) is 0 Å². The molecule has 1 atom stereocenters. The zero-order valence-corrected chi connectivity index (χ0v) is 9.87. The van der Waals surface area contributed by atoms with Crippen LogP contribution in [0.25, 0.3) is 0 Å². The molecule has 1 heterocycles. The van der Waals surface area contributed by atoms with Crippen LogP contribution in [0.1, 0.15) is 23.8 Å². The highest BCUT2D eigenvalue weighted by Gasteiger charge is 2.29. The summed E-state index contributed by atoms with van der Waals surface area (Å²) in [5.74, 6) is -0.579. The summed E-state index contributed by atoms with van der Waals surface area (Å²) >= 11 is 0. The van der Waals surface area contributed by atoms with Crippen LogP contribution in [0.4, 0.5) is 13.2 Å². The van der Waals surface area contributed by atoms with Crippen molar-refractivity contribution in [1.82, 2.24) is 9.88 Å². The van der Waals surface area contributed by atoms with E-state index in [1.807, 2.05) is 0 Å². The second-order valence-electron chi connectivity index (χ2n) is 4.02. The van der Waals surface area contributed by atoms with E-state index in [-0.39, 0.29) is 18.3 Å². The molecule has 0 bridgehead atoms. The highest BCUT2D eigenvalue weighted by molar-refractivity contribution is 5.92. The van der Waals surface area contributed by atoms with Crippen LogP contribution in [0.15, 0.2) is 18.3 Å². The Morgan fingerprint density at radius 2 is 2.22 bits per heavy atom. The molecular formula is C11H15F3N2O2. The lowest BCUT2D eigenvalue weighted by molar-refractivity contribution is -0.140. The molecule has 1 aromatic heterocycles. The first-order valence-electron chi connectivity index (χ1n) is 5.47. The van der Waals surface area contributed by atoms with Crippen molar-refractivity contribution >= 4 is 5.91 Å². The van der Waals surface area contributed by atoms with Gasteiger partial charge >= 0.3 is 6.18 Å². The molecule has 0 radical (unpaired) electrons. The molecule has 1 aromatic rings. The lowest BCUT2D eigenvalue weighted by Crippen LogP contribution is -2.35. The van der Waals surface area contributed by atoms with Gasteiger partial charge in [-0.3, -0.25) is 4.79 Å². The Bertz CT molecular complexity index is 401. The van der Waals surface area contributed by atoms with Crippen molar-refractivity contribution in [2.75, 3.05) is 6.61 Å². The Balaban J connectivity index is 2.72. The quantitative estimate of drug-likeness (QED) is 0.847. The minimum absolute atomic E-state index is 0.0443. The largest absolute Gasteiger partial charge is 0.406 e. The number of aliphatic hydroxyl groups is 1. The number of alkyl halides is 3. The lowest BCUT2D eigenvalue weighted by Gasteiger charge is -2.15. The van der Waals surface area contributed by atoms with Gasteiger partial charge < -0.3 is 15.0 Å². The van der Waals surface area contributed by atoms with Crippen molar-refractivity contribution in [2.24, 2.45) is 0 Å². The maximum Gasteiger partial charge on any atom is 0.406 e. The number of amides is 1. The number of aromatic nitrogens is 1. The Morgan fingerprint density at radius 3 is 2.78 bits per heavy atom. The fourth-order valence-electron chi connectivity index (χ4n) is 1.51. The van der Waals surface area contributed by atoms with E-state index in [2.05, 4.69) is 5.32 Å². The first-order valence-corrected chi connectivity index (χ1v) is 5.47. The van der Waals surface area contributed by atoms with Gasteiger partial charge in [-0.15, -0.1) is 0 Å². The van der Waals surface area contributed by atoms with Crippen molar-refractivity contribution in [3.05, 3.63) is 24.0 Å². The van der Waals surface area contributed by atoms with Gasteiger partial charge in [-0.1, -0.05) is 0 Å². The average Bonchev–Trinajstić information content (AvgIpc) is 2.63. The van der Waals surface area contributed by atoms with Crippen LogP contribution in [0.5, 0.6) is 0 Å². The van der Waals surface area contributed by atoms with Crippen molar-refractivity contribution in [2.45, 2.75) is 32.1 Å². The van der Waals surface area contributed by atoms with E-state index < -0.39 is 18.6 Å². The molecule has 0 aliphatic heterocycles. The van der Waals surface area contributed by atoms with Gasteiger partial charge in [0.2, 0.25) is 0 Å². The first kappa shape index (κ1) is 14.6. The van der Waals surface area contributed by atoms with Gasteiger partial charge in [-0.05, 0) is 25.5 Å². The second-order valence-corrected chi connectivity index (χ2v) is 4.02. The number of aliphatic hydroxyl groups excluding tert-OH is 1. The monoisotopic (exact) mass is 264 g/mol. The summed E-state index contributed by atoms with van der Waals surface area (Å²) in [5.41, 5.74) is -0.0443. The van der Waals surface area contributed by atoms with Gasteiger partial charge in [0.25, 0.3) is 5.91 Å². The summed E-state index contributed by atoms with van der Waals surface area (Å²) in [6.45, 7) is 0.382. The van der Waals surface area contributed by atoms with Crippen LogP contribution in [0.3, 0.4) is 0 Å². The Hall–Kier alpha value is -1.50. The topological polar surface area (TPSA) is 54.3 Å². The highest BCUT2D eigenvalue weighted by Crippen LogP contribution is 2.19. The minimum Gasteiger partial charge on any atom is -0.396 e.